The number of anilines is 1. The van der Waals surface area contributed by atoms with Crippen molar-refractivity contribution in [2.45, 2.75) is 46.3 Å². The van der Waals surface area contributed by atoms with Crippen LogP contribution in [0.3, 0.4) is 0 Å². The molecular weight excluding hydrogens is 252 g/mol. The predicted octanol–water partition coefficient (Wildman–Crippen LogP) is 2.41. The lowest BCUT2D eigenvalue weighted by atomic mass is 10.1. The van der Waals surface area contributed by atoms with Crippen LogP contribution in [0.5, 0.6) is 5.88 Å². The second-order valence-corrected chi connectivity index (χ2v) is 6.03. The Hall–Kier alpha value is -1.36. The molecule has 0 bridgehead atoms. The zero-order valence-electron chi connectivity index (χ0n) is 13.0. The van der Waals surface area contributed by atoms with Crippen LogP contribution in [0.25, 0.3) is 0 Å². The Morgan fingerprint density at radius 2 is 2.15 bits per heavy atom. The summed E-state index contributed by atoms with van der Waals surface area (Å²) in [6, 6.07) is 2.51. The molecule has 1 aliphatic heterocycles. The van der Waals surface area contributed by atoms with Crippen LogP contribution in [0.1, 0.15) is 34.1 Å². The van der Waals surface area contributed by atoms with Gasteiger partial charge in [-0.15, -0.1) is 0 Å². The second kappa shape index (κ2) is 6.88. The average molecular weight is 278 g/mol. The lowest BCUT2D eigenvalue weighted by Crippen LogP contribution is -2.29. The maximum absolute atomic E-state index is 5.58. The SMILES string of the molecule is CC(C)Oc1cc(NCC2CCN(C(C)C)C2)ncn1. The van der Waals surface area contributed by atoms with E-state index in [2.05, 4.69) is 34.0 Å². The van der Waals surface area contributed by atoms with Gasteiger partial charge in [0.25, 0.3) is 0 Å². The Labute approximate surface area is 121 Å². The zero-order chi connectivity index (χ0) is 14.5. The van der Waals surface area contributed by atoms with E-state index in [0.717, 1.165) is 12.4 Å². The molecule has 2 rings (SSSR count). The molecule has 20 heavy (non-hydrogen) atoms. The molecule has 1 aromatic heterocycles. The van der Waals surface area contributed by atoms with Gasteiger partial charge in [0.05, 0.1) is 6.10 Å². The minimum absolute atomic E-state index is 0.132. The molecule has 2 heterocycles. The molecule has 1 unspecified atom stereocenters. The molecule has 112 valence electrons. The van der Waals surface area contributed by atoms with Gasteiger partial charge in [0, 0.05) is 25.2 Å². The smallest absolute Gasteiger partial charge is 0.218 e. The molecule has 1 saturated heterocycles. The van der Waals surface area contributed by atoms with Crippen molar-refractivity contribution in [3.63, 3.8) is 0 Å². The van der Waals surface area contributed by atoms with Crippen molar-refractivity contribution in [2.24, 2.45) is 5.92 Å². The van der Waals surface area contributed by atoms with Crippen LogP contribution >= 0.6 is 0 Å². The topological polar surface area (TPSA) is 50.3 Å². The van der Waals surface area contributed by atoms with Gasteiger partial charge in [-0.25, -0.2) is 9.97 Å². The molecule has 5 heteroatoms. The lowest BCUT2D eigenvalue weighted by molar-refractivity contribution is 0.232. The molecule has 1 fully saturated rings. The van der Waals surface area contributed by atoms with E-state index < -0.39 is 0 Å². The van der Waals surface area contributed by atoms with Gasteiger partial charge in [0.2, 0.25) is 5.88 Å². The Morgan fingerprint density at radius 1 is 1.35 bits per heavy atom. The van der Waals surface area contributed by atoms with Crippen LogP contribution in [-0.4, -0.2) is 46.6 Å². The highest BCUT2D eigenvalue weighted by atomic mass is 16.5. The highest BCUT2D eigenvalue weighted by Gasteiger charge is 2.23. The number of aromatic nitrogens is 2. The number of ether oxygens (including phenoxy) is 1. The molecule has 5 nitrogen and oxygen atoms in total. The highest BCUT2D eigenvalue weighted by molar-refractivity contribution is 5.37. The number of nitrogens with one attached hydrogen (secondary N) is 1. The van der Waals surface area contributed by atoms with Crippen LogP contribution in [0, 0.1) is 5.92 Å². The fraction of sp³-hybridized carbons (Fsp3) is 0.733. The van der Waals surface area contributed by atoms with Gasteiger partial charge in [-0.1, -0.05) is 0 Å². The van der Waals surface area contributed by atoms with Gasteiger partial charge in [-0.05, 0) is 46.6 Å². The molecule has 1 aromatic rings. The van der Waals surface area contributed by atoms with E-state index in [-0.39, 0.29) is 6.10 Å². The third-order valence-corrected chi connectivity index (χ3v) is 3.62. The van der Waals surface area contributed by atoms with Crippen LogP contribution in [-0.2, 0) is 0 Å². The van der Waals surface area contributed by atoms with Crippen LogP contribution in [0.4, 0.5) is 5.82 Å². The molecule has 1 N–H and O–H groups in total. The van der Waals surface area contributed by atoms with E-state index in [1.54, 1.807) is 6.33 Å². The monoisotopic (exact) mass is 278 g/mol. The van der Waals surface area contributed by atoms with Crippen molar-refractivity contribution in [1.82, 2.24) is 14.9 Å². The first-order chi connectivity index (χ1) is 9.54. The van der Waals surface area contributed by atoms with Crippen molar-refractivity contribution in [2.75, 3.05) is 25.0 Å². The summed E-state index contributed by atoms with van der Waals surface area (Å²) in [7, 11) is 0. The Morgan fingerprint density at radius 3 is 2.80 bits per heavy atom. The molecule has 0 amide bonds. The molecule has 0 saturated carbocycles. The number of nitrogens with zero attached hydrogens (tertiary/aromatic N) is 3. The van der Waals surface area contributed by atoms with Crippen molar-refractivity contribution in [3.05, 3.63) is 12.4 Å². The molecule has 0 aromatic carbocycles. The largest absolute Gasteiger partial charge is 0.475 e. The van der Waals surface area contributed by atoms with Gasteiger partial charge in [-0.3, -0.25) is 0 Å². The first-order valence-corrected chi connectivity index (χ1v) is 7.51. The number of rotatable bonds is 6. The summed E-state index contributed by atoms with van der Waals surface area (Å²) in [6.45, 7) is 11.8. The Kier molecular flexibility index (Phi) is 5.17. The van der Waals surface area contributed by atoms with Crippen LogP contribution in [0.2, 0.25) is 0 Å². The van der Waals surface area contributed by atoms with E-state index in [0.29, 0.717) is 17.8 Å². The highest BCUT2D eigenvalue weighted by Crippen LogP contribution is 2.19. The van der Waals surface area contributed by atoms with Crippen molar-refractivity contribution in [1.29, 1.82) is 0 Å². The predicted molar refractivity (Wildman–Crippen MR) is 81.1 cm³/mol. The third kappa shape index (κ3) is 4.34. The number of likely N-dealkylation sites (tertiary alicyclic amines) is 1. The summed E-state index contributed by atoms with van der Waals surface area (Å²) in [6.07, 6.45) is 2.94. The summed E-state index contributed by atoms with van der Waals surface area (Å²) < 4.78 is 5.58. The molecule has 0 spiro atoms. The normalized spacial score (nSPS) is 19.8. The van der Waals surface area contributed by atoms with Crippen LogP contribution < -0.4 is 10.1 Å². The van der Waals surface area contributed by atoms with E-state index >= 15 is 0 Å². The van der Waals surface area contributed by atoms with Crippen molar-refractivity contribution in [3.8, 4) is 5.88 Å². The maximum atomic E-state index is 5.58. The van der Waals surface area contributed by atoms with Crippen molar-refractivity contribution >= 4 is 5.82 Å². The Bertz CT molecular complexity index is 422. The fourth-order valence-corrected chi connectivity index (χ4v) is 2.49. The number of hydrogen-bond donors (Lipinski definition) is 1. The molecule has 0 radical (unpaired) electrons. The van der Waals surface area contributed by atoms with E-state index in [1.807, 2.05) is 19.9 Å². The molecular formula is C15H26N4O. The zero-order valence-corrected chi connectivity index (χ0v) is 13.0. The summed E-state index contributed by atoms with van der Waals surface area (Å²) in [4.78, 5) is 10.9. The minimum Gasteiger partial charge on any atom is -0.475 e. The van der Waals surface area contributed by atoms with Crippen LogP contribution in [0.15, 0.2) is 12.4 Å². The summed E-state index contributed by atoms with van der Waals surface area (Å²) >= 11 is 0. The molecule has 1 aliphatic rings. The van der Waals surface area contributed by atoms with E-state index in [1.165, 1.54) is 19.5 Å². The van der Waals surface area contributed by atoms with Gasteiger partial charge in [0.15, 0.2) is 0 Å². The van der Waals surface area contributed by atoms with E-state index in [9.17, 15) is 0 Å². The lowest BCUT2D eigenvalue weighted by Gasteiger charge is -2.20. The van der Waals surface area contributed by atoms with Crippen molar-refractivity contribution < 1.29 is 4.74 Å². The summed E-state index contributed by atoms with van der Waals surface area (Å²) in [5, 5.41) is 3.40. The minimum atomic E-state index is 0.132. The quantitative estimate of drug-likeness (QED) is 0.866. The third-order valence-electron chi connectivity index (χ3n) is 3.62. The van der Waals surface area contributed by atoms with E-state index in [4.69, 9.17) is 4.74 Å². The molecule has 0 aliphatic carbocycles. The molecule has 1 atom stereocenters. The van der Waals surface area contributed by atoms with Gasteiger partial charge >= 0.3 is 0 Å². The fourth-order valence-electron chi connectivity index (χ4n) is 2.49. The Balaban J connectivity index is 1.82. The number of hydrogen-bond acceptors (Lipinski definition) is 5. The maximum Gasteiger partial charge on any atom is 0.218 e. The summed E-state index contributed by atoms with van der Waals surface area (Å²) in [5.41, 5.74) is 0. The van der Waals surface area contributed by atoms with Gasteiger partial charge in [0.1, 0.15) is 12.1 Å². The average Bonchev–Trinajstić information content (AvgIpc) is 2.85. The summed E-state index contributed by atoms with van der Waals surface area (Å²) in [5.74, 6) is 2.17. The standard InChI is InChI=1S/C15H26N4O/c1-11(2)19-6-5-13(9-19)8-16-14-7-15(18-10-17-14)20-12(3)4/h7,10-13H,5-6,8-9H2,1-4H3,(H,16,17,18). The van der Waals surface area contributed by atoms with Gasteiger partial charge < -0.3 is 15.0 Å². The second-order valence-electron chi connectivity index (χ2n) is 6.03. The van der Waals surface area contributed by atoms with Gasteiger partial charge in [-0.2, -0.15) is 0 Å². The first-order valence-electron chi connectivity index (χ1n) is 7.51. The first kappa shape index (κ1) is 15.0.